The average Bonchev–Trinajstić information content (AvgIpc) is 2.88. The Balaban J connectivity index is 2.08. The van der Waals surface area contributed by atoms with E-state index >= 15 is 0 Å². The van der Waals surface area contributed by atoms with Crippen LogP contribution in [0.1, 0.15) is 37.0 Å². The van der Waals surface area contributed by atoms with Gasteiger partial charge < -0.3 is 10.2 Å². The van der Waals surface area contributed by atoms with Crippen LogP contribution in [0, 0.1) is 6.92 Å². The third-order valence-electron chi connectivity index (χ3n) is 6.52. The number of carbonyl (C=O) groups excluding carboxylic acids is 2. The van der Waals surface area contributed by atoms with Gasteiger partial charge >= 0.3 is 0 Å². The van der Waals surface area contributed by atoms with E-state index in [1.54, 1.807) is 0 Å². The zero-order valence-corrected chi connectivity index (χ0v) is 25.4. The summed E-state index contributed by atoms with van der Waals surface area (Å²) >= 11 is 12.3. The number of benzene rings is 3. The molecule has 0 aromatic heterocycles. The minimum absolute atomic E-state index is 0.109. The van der Waals surface area contributed by atoms with E-state index < -0.39 is 28.5 Å². The number of carbonyl (C=O) groups is 2. The van der Waals surface area contributed by atoms with Gasteiger partial charge in [0.05, 0.1) is 11.9 Å². The summed E-state index contributed by atoms with van der Waals surface area (Å²) in [7, 11) is -3.92. The van der Waals surface area contributed by atoms with Crippen LogP contribution in [0.5, 0.6) is 0 Å². The molecule has 214 valence electrons. The molecule has 0 aliphatic rings. The summed E-state index contributed by atoms with van der Waals surface area (Å²) in [5.41, 5.74) is 2.85. The van der Waals surface area contributed by atoms with Gasteiger partial charge in [-0.2, -0.15) is 0 Å². The Kier molecular flexibility index (Phi) is 11.0. The Morgan fingerprint density at radius 3 is 2.12 bits per heavy atom. The normalized spacial score (nSPS) is 12.8. The molecule has 1 N–H and O–H groups in total. The van der Waals surface area contributed by atoms with Gasteiger partial charge in [-0.3, -0.25) is 13.9 Å². The van der Waals surface area contributed by atoms with Crippen LogP contribution in [0.25, 0.3) is 0 Å². The van der Waals surface area contributed by atoms with E-state index in [1.807, 2.05) is 75.4 Å². The Morgan fingerprint density at radius 2 is 1.55 bits per heavy atom. The van der Waals surface area contributed by atoms with Crippen molar-refractivity contribution in [3.05, 3.63) is 99.5 Å². The lowest BCUT2D eigenvalue weighted by atomic mass is 10.0. The number of sulfonamides is 1. The Hall–Kier alpha value is -3.07. The molecule has 0 radical (unpaired) electrons. The molecule has 0 fully saturated rings. The van der Waals surface area contributed by atoms with Crippen molar-refractivity contribution in [3.8, 4) is 0 Å². The van der Waals surface area contributed by atoms with Crippen molar-refractivity contribution in [1.82, 2.24) is 10.2 Å². The van der Waals surface area contributed by atoms with Crippen LogP contribution >= 0.6 is 23.2 Å². The molecule has 0 spiro atoms. The lowest BCUT2D eigenvalue weighted by Crippen LogP contribution is -2.54. The average molecular weight is 605 g/mol. The van der Waals surface area contributed by atoms with E-state index in [9.17, 15) is 18.0 Å². The third kappa shape index (κ3) is 8.98. The molecule has 2 atom stereocenters. The molecule has 0 aliphatic carbocycles. The summed E-state index contributed by atoms with van der Waals surface area (Å²) in [6.07, 6.45) is 1.98. The molecule has 3 aromatic rings. The number of anilines is 1. The zero-order chi connectivity index (χ0) is 29.4. The largest absolute Gasteiger partial charge is 0.352 e. The van der Waals surface area contributed by atoms with Crippen molar-refractivity contribution in [2.45, 2.75) is 52.2 Å². The van der Waals surface area contributed by atoms with Crippen molar-refractivity contribution < 1.29 is 18.0 Å². The van der Waals surface area contributed by atoms with Gasteiger partial charge in [0.15, 0.2) is 0 Å². The fraction of sp³-hybridized carbons (Fsp3) is 0.333. The molecule has 0 saturated heterocycles. The maximum absolute atomic E-state index is 14.1. The second-order valence-electron chi connectivity index (χ2n) is 9.93. The molecule has 0 unspecified atom stereocenters. The van der Waals surface area contributed by atoms with E-state index in [0.29, 0.717) is 6.42 Å². The molecule has 0 aliphatic heterocycles. The summed E-state index contributed by atoms with van der Waals surface area (Å²) in [5.74, 6) is -0.848. The molecule has 0 bridgehead atoms. The van der Waals surface area contributed by atoms with Crippen LogP contribution in [0.4, 0.5) is 5.69 Å². The van der Waals surface area contributed by atoms with Gasteiger partial charge in [-0.15, -0.1) is 0 Å². The predicted molar refractivity (Wildman–Crippen MR) is 162 cm³/mol. The number of aryl methyl sites for hydroxylation is 1. The zero-order valence-electron chi connectivity index (χ0n) is 23.1. The molecular weight excluding hydrogens is 569 g/mol. The van der Waals surface area contributed by atoms with E-state index in [2.05, 4.69) is 5.32 Å². The second kappa shape index (κ2) is 14.0. The molecule has 10 heteroatoms. The second-order valence-corrected chi connectivity index (χ2v) is 12.7. The Bertz CT molecular complexity index is 1410. The number of nitrogens with one attached hydrogen (secondary N) is 1. The van der Waals surface area contributed by atoms with Crippen molar-refractivity contribution >= 4 is 50.7 Å². The lowest BCUT2D eigenvalue weighted by Gasteiger charge is -2.34. The van der Waals surface area contributed by atoms with Gasteiger partial charge in [-0.25, -0.2) is 8.42 Å². The summed E-state index contributed by atoms with van der Waals surface area (Å²) < 4.78 is 26.7. The number of amides is 2. The molecular formula is C30H35Cl2N3O4S. The summed E-state index contributed by atoms with van der Waals surface area (Å²) in [6, 6.07) is 20.4. The summed E-state index contributed by atoms with van der Waals surface area (Å²) in [5, 5.41) is 3.48. The fourth-order valence-corrected chi connectivity index (χ4v) is 5.65. The lowest BCUT2D eigenvalue weighted by molar-refractivity contribution is -0.140. The third-order valence-corrected chi connectivity index (χ3v) is 8.10. The Morgan fingerprint density at radius 1 is 0.925 bits per heavy atom. The van der Waals surface area contributed by atoms with E-state index in [1.165, 1.54) is 23.1 Å². The van der Waals surface area contributed by atoms with E-state index in [4.69, 9.17) is 23.2 Å². The highest BCUT2D eigenvalue weighted by Crippen LogP contribution is 2.27. The van der Waals surface area contributed by atoms with Gasteiger partial charge in [-0.05, 0) is 49.6 Å². The quantitative estimate of drug-likeness (QED) is 0.291. The molecule has 0 saturated carbocycles. The van der Waals surface area contributed by atoms with E-state index in [-0.39, 0.29) is 40.6 Å². The monoisotopic (exact) mass is 603 g/mol. The van der Waals surface area contributed by atoms with Gasteiger partial charge in [0.1, 0.15) is 12.6 Å². The Labute approximate surface area is 247 Å². The summed E-state index contributed by atoms with van der Waals surface area (Å²) in [4.78, 5) is 29.3. The molecule has 2 amide bonds. The van der Waals surface area contributed by atoms with Gasteiger partial charge in [0, 0.05) is 29.1 Å². The van der Waals surface area contributed by atoms with Crippen LogP contribution in [0.2, 0.25) is 10.0 Å². The number of hydrogen-bond donors (Lipinski definition) is 1. The standard InChI is InChI=1S/C30H35Cl2N3O4S/c1-5-22(3)33-30(37)28(15-23-11-7-6-8-12-23)34(19-24-13-9-10-21(2)14-24)29(36)20-35(40(4,38)39)27-17-25(31)16-26(32)18-27/h6-14,16-18,22,28H,5,15,19-20H2,1-4H3,(H,33,37)/t22-,28-/m1/s1. The number of hydrogen-bond acceptors (Lipinski definition) is 4. The van der Waals surface area contributed by atoms with Crippen molar-refractivity contribution in [2.24, 2.45) is 0 Å². The maximum Gasteiger partial charge on any atom is 0.244 e. The van der Waals surface area contributed by atoms with E-state index in [0.717, 1.165) is 27.3 Å². The van der Waals surface area contributed by atoms with Crippen LogP contribution < -0.4 is 9.62 Å². The number of nitrogens with zero attached hydrogens (tertiary/aromatic N) is 2. The highest BCUT2D eigenvalue weighted by Gasteiger charge is 2.33. The first-order chi connectivity index (χ1) is 18.9. The van der Waals surface area contributed by atoms with Crippen LogP contribution in [0.15, 0.2) is 72.8 Å². The van der Waals surface area contributed by atoms with Gasteiger partial charge in [-0.1, -0.05) is 90.3 Å². The minimum Gasteiger partial charge on any atom is -0.352 e. The predicted octanol–water partition coefficient (Wildman–Crippen LogP) is 5.62. The molecule has 7 nitrogen and oxygen atoms in total. The first-order valence-electron chi connectivity index (χ1n) is 13.0. The highest BCUT2D eigenvalue weighted by atomic mass is 35.5. The maximum atomic E-state index is 14.1. The SMILES string of the molecule is CC[C@@H](C)NC(=O)[C@@H](Cc1ccccc1)N(Cc1cccc(C)c1)C(=O)CN(c1cc(Cl)cc(Cl)c1)S(C)(=O)=O. The van der Waals surface area contributed by atoms with Crippen molar-refractivity contribution in [3.63, 3.8) is 0 Å². The molecule has 0 heterocycles. The highest BCUT2D eigenvalue weighted by molar-refractivity contribution is 7.92. The number of rotatable bonds is 12. The number of halogens is 2. The molecule has 3 rings (SSSR count). The topological polar surface area (TPSA) is 86.8 Å². The first-order valence-corrected chi connectivity index (χ1v) is 15.6. The summed E-state index contributed by atoms with van der Waals surface area (Å²) in [6.45, 7) is 5.38. The van der Waals surface area contributed by atoms with Gasteiger partial charge in [0.2, 0.25) is 21.8 Å². The van der Waals surface area contributed by atoms with Crippen molar-refractivity contribution in [1.29, 1.82) is 0 Å². The molecule has 40 heavy (non-hydrogen) atoms. The first kappa shape index (κ1) is 31.5. The smallest absolute Gasteiger partial charge is 0.244 e. The fourth-order valence-electron chi connectivity index (χ4n) is 4.30. The van der Waals surface area contributed by atoms with Crippen LogP contribution in [-0.2, 0) is 32.6 Å². The minimum atomic E-state index is -3.92. The van der Waals surface area contributed by atoms with Crippen LogP contribution in [0.3, 0.4) is 0 Å². The van der Waals surface area contributed by atoms with Crippen LogP contribution in [-0.4, -0.2) is 50.0 Å². The molecule has 3 aromatic carbocycles. The van der Waals surface area contributed by atoms with Gasteiger partial charge in [0.25, 0.3) is 0 Å². The van der Waals surface area contributed by atoms with Crippen molar-refractivity contribution in [2.75, 3.05) is 17.1 Å².